The summed E-state index contributed by atoms with van der Waals surface area (Å²) in [6, 6.07) is 5.04. The smallest absolute Gasteiger partial charge is 0.310 e. The first-order chi connectivity index (χ1) is 9.97. The van der Waals surface area contributed by atoms with E-state index in [0.29, 0.717) is 18.6 Å². The third kappa shape index (κ3) is 5.33. The van der Waals surface area contributed by atoms with Gasteiger partial charge in [0.05, 0.1) is 20.1 Å². The summed E-state index contributed by atoms with van der Waals surface area (Å²) in [6.45, 7) is 1.65. The normalized spacial score (nSPS) is 11.6. The van der Waals surface area contributed by atoms with Crippen LogP contribution in [0.5, 0.6) is 11.5 Å². The molecule has 1 rings (SSSR count). The molecule has 2 N–H and O–H groups in total. The number of aromatic hydroxyl groups is 1. The fourth-order valence-corrected chi connectivity index (χ4v) is 1.96. The van der Waals surface area contributed by atoms with Crippen LogP contribution in [0.2, 0.25) is 0 Å². The molecule has 0 spiro atoms. The molecule has 0 saturated heterocycles. The molecular weight excluding hydrogens is 274 g/mol. The highest BCUT2D eigenvalue weighted by atomic mass is 16.5. The van der Waals surface area contributed by atoms with Gasteiger partial charge in [0.25, 0.3) is 0 Å². The van der Waals surface area contributed by atoms with E-state index in [0.717, 1.165) is 5.56 Å². The monoisotopic (exact) mass is 295 g/mol. The van der Waals surface area contributed by atoms with Crippen LogP contribution in [-0.2, 0) is 20.7 Å². The van der Waals surface area contributed by atoms with Crippen LogP contribution in [-0.4, -0.2) is 37.7 Å². The number of nitrogens with one attached hydrogen (secondary N) is 1. The molecule has 116 valence electrons. The fraction of sp³-hybridized carbons (Fsp3) is 0.467. The van der Waals surface area contributed by atoms with Crippen LogP contribution < -0.4 is 10.1 Å². The zero-order valence-electron chi connectivity index (χ0n) is 12.5. The first kappa shape index (κ1) is 16.8. The number of ether oxygens (including phenoxy) is 2. The van der Waals surface area contributed by atoms with Crippen LogP contribution in [0.4, 0.5) is 0 Å². The van der Waals surface area contributed by atoms with Crippen molar-refractivity contribution in [3.63, 3.8) is 0 Å². The predicted molar refractivity (Wildman–Crippen MR) is 77.2 cm³/mol. The Kier molecular flexibility index (Phi) is 6.52. The molecule has 0 aliphatic rings. The van der Waals surface area contributed by atoms with Crippen molar-refractivity contribution >= 4 is 11.9 Å². The molecule has 1 aromatic carbocycles. The van der Waals surface area contributed by atoms with E-state index in [1.54, 1.807) is 18.2 Å². The zero-order chi connectivity index (χ0) is 15.8. The molecule has 0 saturated carbocycles. The van der Waals surface area contributed by atoms with E-state index in [2.05, 4.69) is 5.32 Å². The lowest BCUT2D eigenvalue weighted by Gasteiger charge is -2.15. The molecule has 0 fully saturated rings. The van der Waals surface area contributed by atoms with E-state index < -0.39 is 5.92 Å². The second kappa shape index (κ2) is 8.14. The number of rotatable bonds is 7. The highest BCUT2D eigenvalue weighted by molar-refractivity contribution is 5.76. The predicted octanol–water partition coefficient (Wildman–Crippen LogP) is 1.26. The Hall–Kier alpha value is -2.24. The molecule has 0 aromatic heterocycles. The van der Waals surface area contributed by atoms with Gasteiger partial charge in [-0.1, -0.05) is 6.07 Å². The second-order valence-corrected chi connectivity index (χ2v) is 4.70. The summed E-state index contributed by atoms with van der Waals surface area (Å²) in [4.78, 5) is 22.6. The van der Waals surface area contributed by atoms with Crippen molar-refractivity contribution in [2.45, 2.75) is 19.8 Å². The van der Waals surface area contributed by atoms with Crippen LogP contribution >= 0.6 is 0 Å². The van der Waals surface area contributed by atoms with Gasteiger partial charge in [0.1, 0.15) is 0 Å². The lowest BCUT2D eigenvalue weighted by atomic mass is 9.99. The minimum Gasteiger partial charge on any atom is -0.504 e. The van der Waals surface area contributed by atoms with Crippen LogP contribution in [0.25, 0.3) is 0 Å². The van der Waals surface area contributed by atoms with Crippen LogP contribution in [0, 0.1) is 5.92 Å². The van der Waals surface area contributed by atoms with E-state index in [4.69, 9.17) is 9.47 Å². The van der Waals surface area contributed by atoms with Crippen LogP contribution in [0.1, 0.15) is 18.9 Å². The molecule has 21 heavy (non-hydrogen) atoms. The Labute approximate surface area is 124 Å². The van der Waals surface area contributed by atoms with E-state index >= 15 is 0 Å². The highest BCUT2D eigenvalue weighted by Gasteiger charge is 2.19. The third-order valence-corrected chi connectivity index (χ3v) is 3.16. The Morgan fingerprint density at radius 3 is 2.62 bits per heavy atom. The summed E-state index contributed by atoms with van der Waals surface area (Å²) in [5, 5.41) is 12.2. The van der Waals surface area contributed by atoms with Gasteiger partial charge in [-0.3, -0.25) is 9.59 Å². The standard InChI is InChI=1S/C15H21NO5/c1-10(17)16-9-12(15(19)21-3)6-4-11-5-7-13(18)14(8-11)20-2/h5,7-8,12,18H,4,6,9H2,1-3H3,(H,16,17). The number of amides is 1. The van der Waals surface area contributed by atoms with E-state index in [-0.39, 0.29) is 24.2 Å². The topological polar surface area (TPSA) is 84.9 Å². The summed E-state index contributed by atoms with van der Waals surface area (Å²) in [5.41, 5.74) is 0.932. The molecule has 6 nitrogen and oxygen atoms in total. The van der Waals surface area contributed by atoms with Gasteiger partial charge in [-0.05, 0) is 30.5 Å². The Morgan fingerprint density at radius 2 is 2.05 bits per heavy atom. The van der Waals surface area contributed by atoms with Gasteiger partial charge >= 0.3 is 5.97 Å². The number of phenolic OH excluding ortho intramolecular Hbond substituents is 1. The number of hydrogen-bond donors (Lipinski definition) is 2. The number of hydrogen-bond acceptors (Lipinski definition) is 5. The van der Waals surface area contributed by atoms with Crippen molar-refractivity contribution in [2.24, 2.45) is 5.92 Å². The lowest BCUT2D eigenvalue weighted by Crippen LogP contribution is -2.32. The number of phenols is 1. The maximum atomic E-state index is 11.7. The number of carbonyl (C=O) groups excluding carboxylic acids is 2. The van der Waals surface area contributed by atoms with Crippen molar-refractivity contribution in [2.75, 3.05) is 20.8 Å². The van der Waals surface area contributed by atoms with Crippen molar-refractivity contribution < 1.29 is 24.2 Å². The van der Waals surface area contributed by atoms with E-state index in [1.807, 2.05) is 0 Å². The highest BCUT2D eigenvalue weighted by Crippen LogP contribution is 2.27. The van der Waals surface area contributed by atoms with E-state index in [9.17, 15) is 14.7 Å². The summed E-state index contributed by atoms with van der Waals surface area (Å²) in [7, 11) is 2.81. The third-order valence-electron chi connectivity index (χ3n) is 3.16. The van der Waals surface area contributed by atoms with Gasteiger partial charge in [-0.25, -0.2) is 0 Å². The van der Waals surface area contributed by atoms with Crippen molar-refractivity contribution in [3.8, 4) is 11.5 Å². The molecule has 1 unspecified atom stereocenters. The molecule has 1 amide bonds. The first-order valence-electron chi connectivity index (χ1n) is 6.66. The molecule has 0 aliphatic heterocycles. The van der Waals surface area contributed by atoms with Crippen LogP contribution in [0.3, 0.4) is 0 Å². The number of carbonyl (C=O) groups is 2. The number of aryl methyl sites for hydroxylation is 1. The van der Waals surface area contributed by atoms with Gasteiger partial charge in [0, 0.05) is 13.5 Å². The quantitative estimate of drug-likeness (QED) is 0.740. The molecule has 0 radical (unpaired) electrons. The Bertz CT molecular complexity index is 501. The van der Waals surface area contributed by atoms with E-state index in [1.165, 1.54) is 21.1 Å². The number of benzene rings is 1. The van der Waals surface area contributed by atoms with Gasteiger partial charge in [0.15, 0.2) is 11.5 Å². The first-order valence-corrected chi connectivity index (χ1v) is 6.66. The zero-order valence-corrected chi connectivity index (χ0v) is 12.5. The number of methoxy groups -OCH3 is 2. The average molecular weight is 295 g/mol. The average Bonchev–Trinajstić information content (AvgIpc) is 2.47. The Morgan fingerprint density at radius 1 is 1.33 bits per heavy atom. The summed E-state index contributed by atoms with van der Waals surface area (Å²) in [5.74, 6) is -0.476. The summed E-state index contributed by atoms with van der Waals surface area (Å²) >= 11 is 0. The molecular formula is C15H21NO5. The lowest BCUT2D eigenvalue weighted by molar-refractivity contribution is -0.145. The van der Waals surface area contributed by atoms with Crippen molar-refractivity contribution in [3.05, 3.63) is 23.8 Å². The molecule has 1 aromatic rings. The molecule has 1 atom stereocenters. The van der Waals surface area contributed by atoms with Gasteiger partial charge in [-0.15, -0.1) is 0 Å². The molecule has 0 bridgehead atoms. The maximum Gasteiger partial charge on any atom is 0.310 e. The largest absolute Gasteiger partial charge is 0.504 e. The molecule has 0 heterocycles. The van der Waals surface area contributed by atoms with Gasteiger partial charge < -0.3 is 19.9 Å². The summed E-state index contributed by atoms with van der Waals surface area (Å²) < 4.78 is 9.78. The minimum absolute atomic E-state index is 0.0732. The molecule has 6 heteroatoms. The summed E-state index contributed by atoms with van der Waals surface area (Å²) in [6.07, 6.45) is 1.14. The molecule has 0 aliphatic carbocycles. The van der Waals surface area contributed by atoms with Gasteiger partial charge in [0.2, 0.25) is 5.91 Å². The van der Waals surface area contributed by atoms with Gasteiger partial charge in [-0.2, -0.15) is 0 Å². The fourth-order valence-electron chi connectivity index (χ4n) is 1.96. The van der Waals surface area contributed by atoms with Crippen LogP contribution in [0.15, 0.2) is 18.2 Å². The minimum atomic E-state index is -0.404. The number of esters is 1. The second-order valence-electron chi connectivity index (χ2n) is 4.70. The maximum absolute atomic E-state index is 11.7. The Balaban J connectivity index is 2.67. The SMILES string of the molecule is COC(=O)C(CCc1ccc(O)c(OC)c1)CNC(C)=O. The van der Waals surface area contributed by atoms with Crippen molar-refractivity contribution in [1.29, 1.82) is 0 Å². The van der Waals surface area contributed by atoms with Crippen molar-refractivity contribution in [1.82, 2.24) is 5.32 Å².